The molecule has 0 spiro atoms. The third-order valence-corrected chi connectivity index (χ3v) is 3.46. The van der Waals surface area contributed by atoms with Gasteiger partial charge in [-0.05, 0) is 44.4 Å². The Morgan fingerprint density at radius 2 is 1.77 bits per heavy atom. The number of hydrogen-bond donors (Lipinski definition) is 2. The second kappa shape index (κ2) is 9.01. The van der Waals surface area contributed by atoms with Crippen molar-refractivity contribution < 1.29 is 9.53 Å². The highest BCUT2D eigenvalue weighted by molar-refractivity contribution is 5.87. The second-order valence-corrected chi connectivity index (χ2v) is 6.46. The molecule has 1 aromatic rings. The number of nitrogens with two attached hydrogens (primary N) is 1. The van der Waals surface area contributed by atoms with E-state index >= 15 is 0 Å². The molecule has 0 aliphatic rings. The molecule has 0 saturated carbocycles. The fourth-order valence-electron chi connectivity index (χ4n) is 1.82. The molecule has 0 aromatic heterocycles. The Morgan fingerprint density at radius 3 is 2.23 bits per heavy atom. The smallest absolute Gasteiger partial charge is 0.230 e. The fourth-order valence-corrected chi connectivity index (χ4v) is 1.82. The number of hydrogen-bond acceptors (Lipinski definition) is 3. The van der Waals surface area contributed by atoms with Crippen LogP contribution in [0.1, 0.15) is 40.2 Å². The quantitative estimate of drug-likeness (QED) is 0.809. The van der Waals surface area contributed by atoms with Crippen molar-refractivity contribution in [2.24, 2.45) is 11.7 Å². The number of nitrogens with one attached hydrogen (secondary N) is 1. The van der Waals surface area contributed by atoms with Gasteiger partial charge in [0.05, 0.1) is 12.0 Å². The third-order valence-electron chi connectivity index (χ3n) is 3.46. The molecule has 0 saturated heterocycles. The van der Waals surface area contributed by atoms with E-state index < -0.39 is 5.41 Å². The lowest BCUT2D eigenvalue weighted by molar-refractivity contribution is -0.126. The molecule has 5 heteroatoms. The van der Waals surface area contributed by atoms with Crippen molar-refractivity contribution in [3.8, 4) is 5.75 Å². The van der Waals surface area contributed by atoms with Gasteiger partial charge < -0.3 is 15.8 Å². The van der Waals surface area contributed by atoms with Crippen LogP contribution >= 0.6 is 12.4 Å². The molecular formula is C17H29ClN2O2. The van der Waals surface area contributed by atoms with E-state index in [0.717, 1.165) is 11.3 Å². The largest absolute Gasteiger partial charge is 0.493 e. The SMILES string of the molecule is CC(C)COc1ccc(C(C)(C)C(=O)N[C@@H](C)CN)cc1.Cl. The van der Waals surface area contributed by atoms with Crippen LogP contribution in [0.3, 0.4) is 0 Å². The van der Waals surface area contributed by atoms with Gasteiger partial charge in [0.2, 0.25) is 5.91 Å². The van der Waals surface area contributed by atoms with Crippen LogP contribution in [0.5, 0.6) is 5.75 Å². The van der Waals surface area contributed by atoms with Crippen LogP contribution in [-0.4, -0.2) is 25.1 Å². The standard InChI is InChI=1S/C17H28N2O2.ClH/c1-12(2)11-21-15-8-6-14(7-9-15)17(4,5)16(20)19-13(3)10-18;/h6-9,12-13H,10-11,18H2,1-5H3,(H,19,20);1H/t13-;/m0./s1. The van der Waals surface area contributed by atoms with Gasteiger partial charge in [0.1, 0.15) is 5.75 Å². The molecule has 126 valence electrons. The predicted molar refractivity (Wildman–Crippen MR) is 93.7 cm³/mol. The monoisotopic (exact) mass is 328 g/mol. The molecule has 4 nitrogen and oxygen atoms in total. The van der Waals surface area contributed by atoms with Crippen molar-refractivity contribution in [1.29, 1.82) is 0 Å². The summed E-state index contributed by atoms with van der Waals surface area (Å²) in [6.45, 7) is 11.1. The lowest BCUT2D eigenvalue weighted by atomic mass is 9.83. The predicted octanol–water partition coefficient (Wildman–Crippen LogP) is 2.88. The average molecular weight is 329 g/mol. The highest BCUT2D eigenvalue weighted by atomic mass is 35.5. The van der Waals surface area contributed by atoms with Crippen LogP contribution in [0, 0.1) is 5.92 Å². The van der Waals surface area contributed by atoms with Gasteiger partial charge in [0.25, 0.3) is 0 Å². The minimum Gasteiger partial charge on any atom is -0.493 e. The van der Waals surface area contributed by atoms with Gasteiger partial charge in [-0.25, -0.2) is 0 Å². The fraction of sp³-hybridized carbons (Fsp3) is 0.588. The number of carbonyl (C=O) groups is 1. The summed E-state index contributed by atoms with van der Waals surface area (Å²) in [4.78, 5) is 12.3. The zero-order valence-electron chi connectivity index (χ0n) is 14.2. The first-order valence-electron chi connectivity index (χ1n) is 7.51. The minimum absolute atomic E-state index is 0. The van der Waals surface area contributed by atoms with E-state index in [0.29, 0.717) is 19.1 Å². The number of amides is 1. The summed E-state index contributed by atoms with van der Waals surface area (Å²) in [5, 5.41) is 2.93. The minimum atomic E-state index is -0.597. The summed E-state index contributed by atoms with van der Waals surface area (Å²) in [5.41, 5.74) is 5.91. The van der Waals surface area contributed by atoms with Crippen LogP contribution in [-0.2, 0) is 10.2 Å². The molecule has 0 fully saturated rings. The lowest BCUT2D eigenvalue weighted by Crippen LogP contribution is -2.46. The first-order valence-corrected chi connectivity index (χ1v) is 7.51. The Bertz CT molecular complexity index is 458. The van der Waals surface area contributed by atoms with Gasteiger partial charge in [0, 0.05) is 12.6 Å². The van der Waals surface area contributed by atoms with E-state index in [1.807, 2.05) is 45.0 Å². The van der Waals surface area contributed by atoms with Crippen molar-refractivity contribution in [2.45, 2.75) is 46.1 Å². The normalized spacial score (nSPS) is 12.5. The molecule has 0 radical (unpaired) electrons. The highest BCUT2D eigenvalue weighted by Crippen LogP contribution is 2.25. The number of benzene rings is 1. The van der Waals surface area contributed by atoms with Crippen LogP contribution < -0.4 is 15.8 Å². The molecule has 1 aromatic carbocycles. The summed E-state index contributed by atoms with van der Waals surface area (Å²) in [5.74, 6) is 1.31. The summed E-state index contributed by atoms with van der Waals surface area (Å²) in [6.07, 6.45) is 0. The molecule has 1 rings (SSSR count). The lowest BCUT2D eigenvalue weighted by Gasteiger charge is -2.26. The maximum Gasteiger partial charge on any atom is 0.230 e. The van der Waals surface area contributed by atoms with Gasteiger partial charge in [-0.15, -0.1) is 12.4 Å². The maximum absolute atomic E-state index is 12.3. The maximum atomic E-state index is 12.3. The summed E-state index contributed by atoms with van der Waals surface area (Å²) >= 11 is 0. The second-order valence-electron chi connectivity index (χ2n) is 6.46. The molecule has 1 amide bonds. The zero-order valence-corrected chi connectivity index (χ0v) is 15.0. The number of rotatable bonds is 7. The van der Waals surface area contributed by atoms with Gasteiger partial charge >= 0.3 is 0 Å². The number of carbonyl (C=O) groups excluding carboxylic acids is 1. The molecular weight excluding hydrogens is 300 g/mol. The van der Waals surface area contributed by atoms with E-state index in [1.165, 1.54) is 0 Å². The van der Waals surface area contributed by atoms with Gasteiger partial charge in [-0.3, -0.25) is 4.79 Å². The molecule has 22 heavy (non-hydrogen) atoms. The Kier molecular flexibility index (Phi) is 8.49. The van der Waals surface area contributed by atoms with Crippen LogP contribution in [0.2, 0.25) is 0 Å². The highest BCUT2D eigenvalue weighted by Gasteiger charge is 2.30. The van der Waals surface area contributed by atoms with Crippen molar-refractivity contribution in [3.05, 3.63) is 29.8 Å². The van der Waals surface area contributed by atoms with E-state index in [2.05, 4.69) is 19.2 Å². The van der Waals surface area contributed by atoms with Crippen LogP contribution in [0.4, 0.5) is 0 Å². The van der Waals surface area contributed by atoms with Crippen molar-refractivity contribution >= 4 is 18.3 Å². The van der Waals surface area contributed by atoms with E-state index in [9.17, 15) is 4.79 Å². The molecule has 3 N–H and O–H groups in total. The zero-order chi connectivity index (χ0) is 16.0. The van der Waals surface area contributed by atoms with Gasteiger partial charge in [-0.1, -0.05) is 26.0 Å². The Morgan fingerprint density at radius 1 is 1.23 bits per heavy atom. The first-order chi connectivity index (χ1) is 9.77. The molecule has 0 bridgehead atoms. The molecule has 1 atom stereocenters. The van der Waals surface area contributed by atoms with Gasteiger partial charge in [-0.2, -0.15) is 0 Å². The summed E-state index contributed by atoms with van der Waals surface area (Å²) in [7, 11) is 0. The molecule has 0 aliphatic heterocycles. The Balaban J connectivity index is 0.00000441. The summed E-state index contributed by atoms with van der Waals surface area (Å²) in [6, 6.07) is 7.70. The topological polar surface area (TPSA) is 64.3 Å². The Hall–Kier alpha value is -1.26. The van der Waals surface area contributed by atoms with Crippen LogP contribution in [0.15, 0.2) is 24.3 Å². The third kappa shape index (κ3) is 5.85. The number of ether oxygens (including phenoxy) is 1. The van der Waals surface area contributed by atoms with E-state index in [4.69, 9.17) is 10.5 Å². The van der Waals surface area contributed by atoms with Crippen molar-refractivity contribution in [3.63, 3.8) is 0 Å². The number of halogens is 1. The van der Waals surface area contributed by atoms with E-state index in [-0.39, 0.29) is 24.4 Å². The molecule has 0 heterocycles. The Labute approximate surface area is 140 Å². The summed E-state index contributed by atoms with van der Waals surface area (Å²) < 4.78 is 5.66. The first kappa shape index (κ1) is 20.7. The van der Waals surface area contributed by atoms with Crippen molar-refractivity contribution in [2.75, 3.05) is 13.2 Å². The average Bonchev–Trinajstić information content (AvgIpc) is 2.45. The van der Waals surface area contributed by atoms with Crippen LogP contribution in [0.25, 0.3) is 0 Å². The van der Waals surface area contributed by atoms with Gasteiger partial charge in [0.15, 0.2) is 0 Å². The molecule has 0 aliphatic carbocycles. The molecule has 0 unspecified atom stereocenters. The van der Waals surface area contributed by atoms with Crippen molar-refractivity contribution in [1.82, 2.24) is 5.32 Å². The van der Waals surface area contributed by atoms with E-state index in [1.54, 1.807) is 0 Å².